The van der Waals surface area contributed by atoms with Crippen molar-refractivity contribution in [2.24, 2.45) is 13.0 Å². The van der Waals surface area contributed by atoms with Crippen molar-refractivity contribution in [1.29, 1.82) is 0 Å². The van der Waals surface area contributed by atoms with Crippen LogP contribution in [0.25, 0.3) is 0 Å². The third-order valence-corrected chi connectivity index (χ3v) is 5.20. The molecule has 0 bridgehead atoms. The van der Waals surface area contributed by atoms with Gasteiger partial charge in [0.2, 0.25) is 0 Å². The van der Waals surface area contributed by atoms with Crippen molar-refractivity contribution in [2.75, 3.05) is 19.7 Å². The molecule has 0 aliphatic carbocycles. The quantitative estimate of drug-likeness (QED) is 0.570. The Bertz CT molecular complexity index is 738. The van der Waals surface area contributed by atoms with Crippen LogP contribution in [0.2, 0.25) is 0 Å². The van der Waals surface area contributed by atoms with Gasteiger partial charge in [-0.05, 0) is 30.1 Å². The number of ether oxygens (including phenoxy) is 1. The summed E-state index contributed by atoms with van der Waals surface area (Å²) in [5.74, 6) is -0.238. The van der Waals surface area contributed by atoms with E-state index in [1.807, 2.05) is 4.90 Å². The van der Waals surface area contributed by atoms with Gasteiger partial charge in [0.05, 0.1) is 12.2 Å². The molecule has 2 aliphatic rings. The second kappa shape index (κ2) is 7.53. The number of nitrogens with zero attached hydrogens (tertiary/aromatic N) is 5. The Morgan fingerprint density at radius 2 is 2.07 bits per heavy atom. The number of hydrogen-bond donors (Lipinski definition) is 0. The minimum Gasteiger partial charge on any atom is -0.447 e. The lowest BCUT2D eigenvalue weighted by Gasteiger charge is -2.38. The maximum Gasteiger partial charge on any atom is 0.410 e. The van der Waals surface area contributed by atoms with Gasteiger partial charge in [0, 0.05) is 19.1 Å². The lowest BCUT2D eigenvalue weighted by Crippen LogP contribution is -2.50. The van der Waals surface area contributed by atoms with E-state index >= 15 is 0 Å². The van der Waals surface area contributed by atoms with Crippen molar-refractivity contribution in [1.82, 2.24) is 19.6 Å². The van der Waals surface area contributed by atoms with Crippen molar-refractivity contribution in [3.05, 3.63) is 21.9 Å². The fourth-order valence-corrected chi connectivity index (χ4v) is 3.96. The van der Waals surface area contributed by atoms with Gasteiger partial charge >= 0.3 is 11.9 Å². The third-order valence-electron chi connectivity index (χ3n) is 5.20. The Labute approximate surface area is 157 Å². The zero-order valence-electron chi connectivity index (χ0n) is 15.8. The summed E-state index contributed by atoms with van der Waals surface area (Å²) < 4.78 is 6.34. The van der Waals surface area contributed by atoms with Crippen molar-refractivity contribution in [3.8, 4) is 0 Å². The number of cyclic esters (lactones) is 1. The molecule has 1 unspecified atom stereocenters. The van der Waals surface area contributed by atoms with Crippen LogP contribution in [0.5, 0.6) is 0 Å². The van der Waals surface area contributed by atoms with E-state index in [4.69, 9.17) is 4.74 Å². The summed E-state index contributed by atoms with van der Waals surface area (Å²) in [6.07, 6.45) is 3.09. The van der Waals surface area contributed by atoms with Crippen molar-refractivity contribution >= 4 is 17.8 Å². The second-order valence-electron chi connectivity index (χ2n) is 7.55. The second-order valence-corrected chi connectivity index (χ2v) is 7.55. The minimum atomic E-state index is -0.594. The van der Waals surface area contributed by atoms with E-state index < -0.39 is 10.8 Å². The average Bonchev–Trinajstić information content (AvgIpc) is 3.17. The standard InChI is InChI=1S/C17H25N5O5/c1-11(2)8-13-10-27-17(24)21(13)12-4-6-20(7-5-12)16(23)14-9-18-19(3)15(14)22(25)26/h9,11-13H,4-8,10H2,1-3H3. The van der Waals surface area contributed by atoms with Crippen LogP contribution < -0.4 is 0 Å². The van der Waals surface area contributed by atoms with Gasteiger partial charge in [-0.2, -0.15) is 0 Å². The molecule has 1 aromatic rings. The van der Waals surface area contributed by atoms with Crippen LogP contribution in [0.3, 0.4) is 0 Å². The molecule has 1 aromatic heterocycles. The predicted molar refractivity (Wildman–Crippen MR) is 95.2 cm³/mol. The molecule has 148 valence electrons. The summed E-state index contributed by atoms with van der Waals surface area (Å²) in [7, 11) is 1.44. The molecule has 1 atom stereocenters. The van der Waals surface area contributed by atoms with Gasteiger partial charge in [0.25, 0.3) is 5.91 Å². The van der Waals surface area contributed by atoms with Crippen molar-refractivity contribution in [3.63, 3.8) is 0 Å². The molecular formula is C17H25N5O5. The van der Waals surface area contributed by atoms with Gasteiger partial charge in [-0.3, -0.25) is 9.69 Å². The van der Waals surface area contributed by atoms with Crippen LogP contribution in [0.4, 0.5) is 10.6 Å². The summed E-state index contributed by atoms with van der Waals surface area (Å²) in [5.41, 5.74) is -0.000725. The highest BCUT2D eigenvalue weighted by atomic mass is 16.6. The number of aromatic nitrogens is 2. The van der Waals surface area contributed by atoms with Crippen molar-refractivity contribution < 1.29 is 19.2 Å². The fraction of sp³-hybridized carbons (Fsp3) is 0.706. The Kier molecular flexibility index (Phi) is 5.33. The van der Waals surface area contributed by atoms with Gasteiger partial charge in [-0.1, -0.05) is 18.9 Å². The van der Waals surface area contributed by atoms with Crippen molar-refractivity contribution in [2.45, 2.75) is 45.2 Å². The summed E-state index contributed by atoms with van der Waals surface area (Å²) in [6, 6.07) is 0.0980. The highest BCUT2D eigenvalue weighted by molar-refractivity contribution is 5.97. The minimum absolute atomic E-state index is 0.000725. The number of nitro groups is 1. The summed E-state index contributed by atoms with van der Waals surface area (Å²) in [5, 5.41) is 15.0. The van der Waals surface area contributed by atoms with Gasteiger partial charge in [0.15, 0.2) is 5.56 Å². The van der Waals surface area contributed by atoms with E-state index in [2.05, 4.69) is 18.9 Å². The van der Waals surface area contributed by atoms with E-state index in [0.717, 1.165) is 11.1 Å². The number of rotatable bonds is 5. The summed E-state index contributed by atoms with van der Waals surface area (Å²) >= 11 is 0. The number of likely N-dealkylation sites (tertiary alicyclic amines) is 1. The monoisotopic (exact) mass is 379 g/mol. The van der Waals surface area contributed by atoms with E-state index in [1.165, 1.54) is 13.2 Å². The van der Waals surface area contributed by atoms with E-state index in [-0.39, 0.29) is 29.6 Å². The molecule has 2 fully saturated rings. The van der Waals surface area contributed by atoms with E-state index in [0.29, 0.717) is 38.5 Å². The number of carbonyl (C=O) groups excluding carboxylic acids is 2. The third kappa shape index (κ3) is 3.74. The predicted octanol–water partition coefficient (Wildman–Crippen LogP) is 1.80. The zero-order valence-corrected chi connectivity index (χ0v) is 15.8. The molecular weight excluding hydrogens is 354 g/mol. The lowest BCUT2D eigenvalue weighted by atomic mass is 9.98. The molecule has 2 amide bonds. The smallest absolute Gasteiger partial charge is 0.410 e. The Morgan fingerprint density at radius 3 is 2.67 bits per heavy atom. The highest BCUT2D eigenvalue weighted by Gasteiger charge is 2.40. The Balaban J connectivity index is 1.66. The zero-order chi connectivity index (χ0) is 19.7. The first-order valence-electron chi connectivity index (χ1n) is 9.20. The van der Waals surface area contributed by atoms with Gasteiger partial charge < -0.3 is 19.8 Å². The molecule has 10 heteroatoms. The van der Waals surface area contributed by atoms with Gasteiger partial charge in [-0.25, -0.2) is 4.79 Å². The van der Waals surface area contributed by atoms with Crippen LogP contribution in [-0.4, -0.2) is 68.3 Å². The maximum atomic E-state index is 12.7. The first-order valence-corrected chi connectivity index (χ1v) is 9.20. The van der Waals surface area contributed by atoms with E-state index in [1.54, 1.807) is 4.90 Å². The van der Waals surface area contributed by atoms with Crippen LogP contribution in [0.15, 0.2) is 6.20 Å². The molecule has 0 N–H and O–H groups in total. The molecule has 0 aromatic carbocycles. The summed E-state index contributed by atoms with van der Waals surface area (Å²) in [4.78, 5) is 38.9. The first kappa shape index (κ1) is 19.1. The lowest BCUT2D eigenvalue weighted by molar-refractivity contribution is -0.392. The fourth-order valence-electron chi connectivity index (χ4n) is 3.96. The maximum absolute atomic E-state index is 12.7. The van der Waals surface area contributed by atoms with Crippen LogP contribution in [-0.2, 0) is 11.8 Å². The molecule has 10 nitrogen and oxygen atoms in total. The molecule has 2 aliphatic heterocycles. The normalized spacial score (nSPS) is 21.0. The van der Waals surface area contributed by atoms with Crippen LogP contribution >= 0.6 is 0 Å². The largest absolute Gasteiger partial charge is 0.447 e. The first-order chi connectivity index (χ1) is 12.8. The number of hydrogen-bond acceptors (Lipinski definition) is 6. The number of piperidine rings is 1. The molecule has 2 saturated heterocycles. The topological polar surface area (TPSA) is 111 Å². The number of aryl methyl sites for hydroxylation is 1. The Hall–Kier alpha value is -2.65. The van der Waals surface area contributed by atoms with E-state index in [9.17, 15) is 19.7 Å². The molecule has 0 radical (unpaired) electrons. The molecule has 0 saturated carbocycles. The van der Waals surface area contributed by atoms with Crippen LogP contribution in [0, 0.1) is 16.0 Å². The van der Waals surface area contributed by atoms with Gasteiger partial charge in [-0.15, -0.1) is 4.68 Å². The molecule has 27 heavy (non-hydrogen) atoms. The van der Waals surface area contributed by atoms with Crippen LogP contribution in [0.1, 0.15) is 43.5 Å². The molecule has 0 spiro atoms. The number of carbonyl (C=O) groups is 2. The SMILES string of the molecule is CC(C)CC1COC(=O)N1C1CCN(C(=O)c2cnn(C)c2[N+](=O)[O-])CC1. The Morgan fingerprint density at radius 1 is 1.41 bits per heavy atom. The summed E-state index contributed by atoms with van der Waals surface area (Å²) in [6.45, 7) is 5.52. The van der Waals surface area contributed by atoms with Gasteiger partial charge in [0.1, 0.15) is 13.7 Å². The average molecular weight is 379 g/mol. The highest BCUT2D eigenvalue weighted by Crippen LogP contribution is 2.28. The molecule has 3 rings (SSSR count). The number of amides is 2. The molecule has 3 heterocycles.